The van der Waals surface area contributed by atoms with E-state index in [4.69, 9.17) is 4.74 Å². The van der Waals surface area contributed by atoms with Gasteiger partial charge in [0.2, 0.25) is 17.7 Å². The summed E-state index contributed by atoms with van der Waals surface area (Å²) in [4.78, 5) is 69.1. The van der Waals surface area contributed by atoms with Crippen LogP contribution in [0.4, 0.5) is 14.5 Å². The second kappa shape index (κ2) is 17.7. The number of hydrogen-bond acceptors (Lipinski definition) is 6. The molecule has 0 radical (unpaired) electrons. The third-order valence-corrected chi connectivity index (χ3v) is 9.12. The quantitative estimate of drug-likeness (QED) is 0.291. The molecule has 7 rings (SSSR count). The number of rotatable bonds is 1. The van der Waals surface area contributed by atoms with E-state index in [1.807, 2.05) is 46.8 Å². The molecular formula is C41H51F2N5O6. The Labute approximate surface area is 315 Å². The van der Waals surface area contributed by atoms with Crippen LogP contribution in [0, 0.1) is 22.5 Å². The zero-order valence-electron chi connectivity index (χ0n) is 32.1. The predicted octanol–water partition coefficient (Wildman–Crippen LogP) is 5.73. The number of hydrogen-bond donors (Lipinski definition) is 3. The normalized spacial score (nSPS) is 18.7. The first kappa shape index (κ1) is 41.4. The molecule has 3 aromatic rings. The molecule has 5 amide bonds. The molecule has 3 N–H and O–H groups in total. The van der Waals surface area contributed by atoms with Gasteiger partial charge in [-0.05, 0) is 71.2 Å². The fraction of sp³-hybridized carbons (Fsp3) is 0.439. The summed E-state index contributed by atoms with van der Waals surface area (Å²) in [7, 11) is 3.35. The van der Waals surface area contributed by atoms with Gasteiger partial charge in [-0.3, -0.25) is 24.0 Å². The SMILES string of the molecule is CN1CCOc2ccc(c(F)c2)C(=O)NCc2ccc(F)c(c2)C(=O)N[C@@H](CC(C)(C)C)C(=O)Nc2ccc(cc2)CCN(C)C(=O)CC(C)(C)CC1=O. The summed E-state index contributed by atoms with van der Waals surface area (Å²) in [5.41, 5.74) is 0.237. The van der Waals surface area contributed by atoms with E-state index in [1.165, 1.54) is 29.2 Å². The first-order valence-electron chi connectivity index (χ1n) is 18.0. The highest BCUT2D eigenvalue weighted by molar-refractivity contribution is 6.01. The van der Waals surface area contributed by atoms with E-state index in [2.05, 4.69) is 16.0 Å². The molecule has 6 bridgehead atoms. The lowest BCUT2D eigenvalue weighted by Gasteiger charge is -2.28. The van der Waals surface area contributed by atoms with Crippen molar-refractivity contribution in [2.24, 2.45) is 10.8 Å². The third kappa shape index (κ3) is 12.1. The molecule has 4 aliphatic heterocycles. The van der Waals surface area contributed by atoms with Crippen LogP contribution >= 0.6 is 0 Å². The maximum atomic E-state index is 15.0. The van der Waals surface area contributed by atoms with Crippen molar-refractivity contribution in [3.63, 3.8) is 0 Å². The number of nitrogens with one attached hydrogen (secondary N) is 3. The maximum Gasteiger partial charge on any atom is 0.254 e. The minimum Gasteiger partial charge on any atom is -0.492 e. The summed E-state index contributed by atoms with van der Waals surface area (Å²) in [6.45, 7) is 10.1. The van der Waals surface area contributed by atoms with Crippen molar-refractivity contribution in [3.8, 4) is 5.75 Å². The van der Waals surface area contributed by atoms with Gasteiger partial charge in [0.15, 0.2) is 0 Å². The number of carbonyl (C=O) groups excluding carboxylic acids is 5. The van der Waals surface area contributed by atoms with Crippen molar-refractivity contribution in [3.05, 3.63) is 94.6 Å². The van der Waals surface area contributed by atoms with Gasteiger partial charge in [0.25, 0.3) is 11.8 Å². The lowest BCUT2D eigenvalue weighted by molar-refractivity contribution is -0.135. The van der Waals surface area contributed by atoms with Crippen LogP contribution in [0.15, 0.2) is 60.7 Å². The molecule has 13 heteroatoms. The average molecular weight is 748 g/mol. The molecule has 0 aromatic heterocycles. The Balaban J connectivity index is 1.58. The van der Waals surface area contributed by atoms with Gasteiger partial charge in [-0.2, -0.15) is 0 Å². The van der Waals surface area contributed by atoms with Crippen molar-refractivity contribution in [2.75, 3.05) is 39.1 Å². The van der Waals surface area contributed by atoms with Crippen LogP contribution in [-0.2, 0) is 27.3 Å². The highest BCUT2D eigenvalue weighted by Crippen LogP contribution is 2.27. The van der Waals surface area contributed by atoms with Gasteiger partial charge < -0.3 is 30.5 Å². The van der Waals surface area contributed by atoms with Gasteiger partial charge in [-0.1, -0.05) is 52.8 Å². The largest absolute Gasteiger partial charge is 0.492 e. The van der Waals surface area contributed by atoms with Crippen LogP contribution < -0.4 is 20.7 Å². The number of anilines is 1. The maximum absolute atomic E-state index is 15.0. The van der Waals surface area contributed by atoms with Crippen molar-refractivity contribution < 1.29 is 37.5 Å². The van der Waals surface area contributed by atoms with Gasteiger partial charge >= 0.3 is 0 Å². The Hall–Kier alpha value is -5.33. The molecule has 11 nitrogen and oxygen atoms in total. The Morgan fingerprint density at radius 3 is 2.04 bits per heavy atom. The molecule has 0 fully saturated rings. The number of nitrogens with zero attached hydrogens (tertiary/aromatic N) is 2. The average Bonchev–Trinajstić information content (AvgIpc) is 3.08. The summed E-state index contributed by atoms with van der Waals surface area (Å²) in [5, 5.41) is 8.11. The van der Waals surface area contributed by atoms with Gasteiger partial charge in [0.05, 0.1) is 17.7 Å². The summed E-state index contributed by atoms with van der Waals surface area (Å²) in [6, 6.07) is 13.7. The Morgan fingerprint density at radius 1 is 0.778 bits per heavy atom. The lowest BCUT2D eigenvalue weighted by Crippen LogP contribution is -2.46. The zero-order chi connectivity index (χ0) is 39.8. The molecule has 54 heavy (non-hydrogen) atoms. The van der Waals surface area contributed by atoms with E-state index >= 15 is 4.39 Å². The van der Waals surface area contributed by atoms with Gasteiger partial charge in [0.1, 0.15) is 30.0 Å². The Bertz CT molecular complexity index is 1860. The molecule has 0 aliphatic carbocycles. The predicted molar refractivity (Wildman–Crippen MR) is 202 cm³/mol. The van der Waals surface area contributed by atoms with E-state index in [9.17, 15) is 28.4 Å². The molecule has 0 spiro atoms. The molecule has 3 aromatic carbocycles. The minimum absolute atomic E-state index is 0.0674. The standard InChI is InChI=1S/C41H51F2N5O6/c1-40(2,3)22-34-39(53)45-28-11-8-26(9-12-28)16-17-47(6)35(49)23-41(4,5)24-36(50)48(7)18-19-54-29-13-14-30(33(43)21-29)37(51)44-25-27-10-15-32(42)31(20-27)38(52)46-34/h8-15,20-21,34H,16-19,22-25H2,1-7H3,(H,44,51)(H,45,53)(H,46,52)/t34-/m0/s1. The van der Waals surface area contributed by atoms with Crippen LogP contribution in [0.3, 0.4) is 0 Å². The van der Waals surface area contributed by atoms with Crippen molar-refractivity contribution in [1.29, 1.82) is 0 Å². The van der Waals surface area contributed by atoms with Gasteiger partial charge in [0, 0.05) is 51.8 Å². The summed E-state index contributed by atoms with van der Waals surface area (Å²) >= 11 is 0. The molecule has 0 saturated carbocycles. The van der Waals surface area contributed by atoms with E-state index in [-0.39, 0.29) is 73.1 Å². The monoisotopic (exact) mass is 747 g/mol. The molecule has 0 unspecified atom stereocenters. The lowest BCUT2D eigenvalue weighted by atomic mass is 9.84. The first-order chi connectivity index (χ1) is 25.3. The highest BCUT2D eigenvalue weighted by atomic mass is 19.1. The van der Waals surface area contributed by atoms with Crippen LogP contribution in [0.1, 0.15) is 85.7 Å². The van der Waals surface area contributed by atoms with Crippen LogP contribution in [-0.4, -0.2) is 79.2 Å². The fourth-order valence-corrected chi connectivity index (χ4v) is 5.94. The topological polar surface area (TPSA) is 137 Å². The molecule has 0 saturated heterocycles. The number of amides is 5. The van der Waals surface area contributed by atoms with Crippen molar-refractivity contribution in [2.45, 2.75) is 72.9 Å². The second-order valence-corrected chi connectivity index (χ2v) is 15.9. The van der Waals surface area contributed by atoms with Crippen LogP contribution in [0.2, 0.25) is 0 Å². The summed E-state index contributed by atoms with van der Waals surface area (Å²) in [5.74, 6) is -3.79. The molecule has 4 heterocycles. The Kier molecular flexibility index (Phi) is 13.6. The highest BCUT2D eigenvalue weighted by Gasteiger charge is 2.30. The fourth-order valence-electron chi connectivity index (χ4n) is 5.94. The van der Waals surface area contributed by atoms with Crippen molar-refractivity contribution in [1.82, 2.24) is 20.4 Å². The van der Waals surface area contributed by atoms with E-state index in [1.54, 1.807) is 31.1 Å². The number of ether oxygens (including phenoxy) is 1. The minimum atomic E-state index is -1.01. The van der Waals surface area contributed by atoms with Gasteiger partial charge in [-0.25, -0.2) is 8.78 Å². The van der Waals surface area contributed by atoms with Crippen LogP contribution in [0.25, 0.3) is 0 Å². The molecular weight excluding hydrogens is 696 g/mol. The number of benzene rings is 3. The smallest absolute Gasteiger partial charge is 0.254 e. The summed E-state index contributed by atoms with van der Waals surface area (Å²) < 4.78 is 35.7. The van der Waals surface area contributed by atoms with Gasteiger partial charge in [-0.15, -0.1) is 0 Å². The zero-order valence-corrected chi connectivity index (χ0v) is 32.1. The third-order valence-electron chi connectivity index (χ3n) is 9.12. The second-order valence-electron chi connectivity index (χ2n) is 15.9. The molecule has 1 atom stereocenters. The number of carbonyl (C=O) groups is 5. The Morgan fingerprint density at radius 2 is 1.41 bits per heavy atom. The molecule has 4 aliphatic rings. The van der Waals surface area contributed by atoms with Crippen molar-refractivity contribution >= 4 is 35.2 Å². The molecule has 290 valence electrons. The number of halogens is 2. The first-order valence-corrected chi connectivity index (χ1v) is 18.0. The van der Waals surface area contributed by atoms with E-state index in [0.29, 0.717) is 24.2 Å². The van der Waals surface area contributed by atoms with E-state index < -0.39 is 40.8 Å². The number of likely N-dealkylation sites (N-methyl/N-ethyl adjacent to an activating group) is 2. The van der Waals surface area contributed by atoms with Crippen LogP contribution in [0.5, 0.6) is 5.75 Å². The van der Waals surface area contributed by atoms with E-state index in [0.717, 1.165) is 17.7 Å². The summed E-state index contributed by atoms with van der Waals surface area (Å²) in [6.07, 6.45) is 1.10.